The molecule has 0 aliphatic carbocycles. The third-order valence-corrected chi connectivity index (χ3v) is 4.45. The van der Waals surface area contributed by atoms with E-state index in [-0.39, 0.29) is 17.4 Å². The van der Waals surface area contributed by atoms with Gasteiger partial charge in [0.1, 0.15) is 17.4 Å². The molecule has 0 spiro atoms. The van der Waals surface area contributed by atoms with Crippen molar-refractivity contribution in [3.05, 3.63) is 35.6 Å². The van der Waals surface area contributed by atoms with Crippen LogP contribution >= 0.6 is 0 Å². The summed E-state index contributed by atoms with van der Waals surface area (Å²) in [4.78, 5) is 36.6. The minimum Gasteiger partial charge on any atom is -0.454 e. The SMILES string of the molecule is CC(C)[C@H](NC(=O)c1ccc(F)cc1)C(=O)OCC(=O)N[C@@](C)(C#N)C(C)C. The Balaban J connectivity index is 2.70. The Bertz CT molecular complexity index is 756. The van der Waals surface area contributed by atoms with Crippen LogP contribution in [0.2, 0.25) is 0 Å². The molecule has 0 radical (unpaired) electrons. The Labute approximate surface area is 164 Å². The van der Waals surface area contributed by atoms with Crippen molar-refractivity contribution in [3.8, 4) is 6.07 Å². The minimum absolute atomic E-state index is 0.143. The molecule has 2 atom stereocenters. The van der Waals surface area contributed by atoms with Crippen molar-refractivity contribution in [2.24, 2.45) is 11.8 Å². The first kappa shape index (κ1) is 23.1. The van der Waals surface area contributed by atoms with E-state index in [0.29, 0.717) is 0 Å². The molecule has 8 heteroatoms. The highest BCUT2D eigenvalue weighted by molar-refractivity contribution is 5.97. The van der Waals surface area contributed by atoms with Gasteiger partial charge in [-0.1, -0.05) is 27.7 Å². The van der Waals surface area contributed by atoms with Crippen LogP contribution < -0.4 is 10.6 Å². The van der Waals surface area contributed by atoms with Gasteiger partial charge in [0.2, 0.25) is 0 Å². The average Bonchev–Trinajstić information content (AvgIpc) is 2.63. The molecule has 0 bridgehead atoms. The Kier molecular flexibility index (Phi) is 8.11. The molecular formula is C20H26FN3O4. The third-order valence-electron chi connectivity index (χ3n) is 4.45. The summed E-state index contributed by atoms with van der Waals surface area (Å²) >= 11 is 0. The number of carbonyl (C=O) groups excluding carboxylic acids is 3. The molecule has 0 aromatic heterocycles. The lowest BCUT2D eigenvalue weighted by Crippen LogP contribution is -2.51. The van der Waals surface area contributed by atoms with Crippen LogP contribution in [-0.4, -0.2) is 36.0 Å². The fourth-order valence-electron chi connectivity index (χ4n) is 2.18. The number of nitriles is 1. The summed E-state index contributed by atoms with van der Waals surface area (Å²) in [5, 5.41) is 14.3. The summed E-state index contributed by atoms with van der Waals surface area (Å²) in [5.41, 5.74) is -0.892. The Morgan fingerprint density at radius 3 is 2.21 bits per heavy atom. The lowest BCUT2D eigenvalue weighted by molar-refractivity contribution is -0.151. The predicted octanol–water partition coefficient (Wildman–Crippen LogP) is 2.18. The first-order chi connectivity index (χ1) is 13.0. The highest BCUT2D eigenvalue weighted by Gasteiger charge is 2.31. The summed E-state index contributed by atoms with van der Waals surface area (Å²) < 4.78 is 18.0. The van der Waals surface area contributed by atoms with Crippen molar-refractivity contribution in [2.75, 3.05) is 6.61 Å². The standard InChI is InChI=1S/C20H26FN3O4/c1-12(2)17(23-18(26)14-6-8-15(21)9-7-14)19(27)28-10-16(25)24-20(5,11-22)13(3)4/h6-9,12-13,17H,10H2,1-5H3,(H,23,26)(H,24,25)/t17-,20-/m0/s1. The van der Waals surface area contributed by atoms with E-state index in [0.717, 1.165) is 12.1 Å². The van der Waals surface area contributed by atoms with E-state index in [1.54, 1.807) is 34.6 Å². The molecule has 1 aromatic carbocycles. The van der Waals surface area contributed by atoms with E-state index < -0.39 is 41.8 Å². The van der Waals surface area contributed by atoms with E-state index in [4.69, 9.17) is 4.74 Å². The maximum atomic E-state index is 13.0. The molecule has 0 heterocycles. The summed E-state index contributed by atoms with van der Waals surface area (Å²) in [5.74, 6) is -2.87. The molecule has 0 aliphatic rings. The number of hydrogen-bond donors (Lipinski definition) is 2. The number of hydrogen-bond acceptors (Lipinski definition) is 5. The van der Waals surface area contributed by atoms with Gasteiger partial charge in [0.05, 0.1) is 6.07 Å². The summed E-state index contributed by atoms with van der Waals surface area (Å²) in [6.07, 6.45) is 0. The first-order valence-electron chi connectivity index (χ1n) is 8.95. The Morgan fingerprint density at radius 2 is 1.75 bits per heavy atom. The van der Waals surface area contributed by atoms with E-state index in [1.165, 1.54) is 12.1 Å². The van der Waals surface area contributed by atoms with E-state index in [1.807, 2.05) is 6.07 Å². The summed E-state index contributed by atoms with van der Waals surface area (Å²) in [6, 6.07) is 5.93. The number of nitrogens with zero attached hydrogens (tertiary/aromatic N) is 1. The molecule has 1 aromatic rings. The van der Waals surface area contributed by atoms with Crippen LogP contribution in [0.15, 0.2) is 24.3 Å². The fraction of sp³-hybridized carbons (Fsp3) is 0.500. The molecule has 0 saturated heterocycles. The molecule has 28 heavy (non-hydrogen) atoms. The van der Waals surface area contributed by atoms with Gasteiger partial charge < -0.3 is 15.4 Å². The van der Waals surface area contributed by atoms with Crippen molar-refractivity contribution in [1.29, 1.82) is 5.26 Å². The molecule has 0 saturated carbocycles. The summed E-state index contributed by atoms with van der Waals surface area (Å²) in [7, 11) is 0. The molecule has 152 valence electrons. The van der Waals surface area contributed by atoms with Crippen LogP contribution in [0.4, 0.5) is 4.39 Å². The second-order valence-electron chi connectivity index (χ2n) is 7.33. The van der Waals surface area contributed by atoms with E-state index in [9.17, 15) is 24.0 Å². The zero-order valence-electron chi connectivity index (χ0n) is 16.7. The van der Waals surface area contributed by atoms with Crippen molar-refractivity contribution < 1.29 is 23.5 Å². The van der Waals surface area contributed by atoms with Crippen LogP contribution in [0.5, 0.6) is 0 Å². The largest absolute Gasteiger partial charge is 0.454 e. The molecule has 2 amide bonds. The highest BCUT2D eigenvalue weighted by Crippen LogP contribution is 2.15. The quantitative estimate of drug-likeness (QED) is 0.660. The van der Waals surface area contributed by atoms with E-state index >= 15 is 0 Å². The smallest absolute Gasteiger partial charge is 0.329 e. The van der Waals surface area contributed by atoms with Crippen molar-refractivity contribution >= 4 is 17.8 Å². The van der Waals surface area contributed by atoms with Crippen molar-refractivity contribution in [3.63, 3.8) is 0 Å². The van der Waals surface area contributed by atoms with Crippen LogP contribution in [0, 0.1) is 29.0 Å². The van der Waals surface area contributed by atoms with Gasteiger partial charge in [-0.05, 0) is 43.0 Å². The van der Waals surface area contributed by atoms with Gasteiger partial charge in [-0.25, -0.2) is 9.18 Å². The number of ether oxygens (including phenoxy) is 1. The van der Waals surface area contributed by atoms with Crippen LogP contribution in [0.1, 0.15) is 45.0 Å². The van der Waals surface area contributed by atoms with Gasteiger partial charge in [-0.2, -0.15) is 5.26 Å². The number of carbonyl (C=O) groups is 3. The Morgan fingerprint density at radius 1 is 1.18 bits per heavy atom. The normalized spacial score (nSPS) is 14.0. The number of nitrogens with one attached hydrogen (secondary N) is 2. The number of esters is 1. The molecule has 0 aliphatic heterocycles. The van der Waals surface area contributed by atoms with E-state index in [2.05, 4.69) is 10.6 Å². The predicted molar refractivity (Wildman–Crippen MR) is 100 cm³/mol. The van der Waals surface area contributed by atoms with Crippen molar-refractivity contribution in [1.82, 2.24) is 10.6 Å². The summed E-state index contributed by atoms with van der Waals surface area (Å²) in [6.45, 7) is 8.01. The maximum Gasteiger partial charge on any atom is 0.329 e. The number of halogens is 1. The lowest BCUT2D eigenvalue weighted by atomic mass is 9.90. The van der Waals surface area contributed by atoms with Gasteiger partial charge in [0, 0.05) is 5.56 Å². The number of benzene rings is 1. The second kappa shape index (κ2) is 9.83. The monoisotopic (exact) mass is 391 g/mol. The van der Waals surface area contributed by atoms with Gasteiger partial charge in [-0.3, -0.25) is 9.59 Å². The van der Waals surface area contributed by atoms with Crippen LogP contribution in [0.25, 0.3) is 0 Å². The molecule has 0 unspecified atom stereocenters. The molecular weight excluding hydrogens is 365 g/mol. The van der Waals surface area contributed by atoms with Crippen LogP contribution in [-0.2, 0) is 14.3 Å². The number of rotatable bonds is 8. The molecule has 1 rings (SSSR count). The molecule has 7 nitrogen and oxygen atoms in total. The van der Waals surface area contributed by atoms with Crippen molar-refractivity contribution in [2.45, 2.75) is 46.2 Å². The van der Waals surface area contributed by atoms with Gasteiger partial charge in [0.25, 0.3) is 11.8 Å². The Hall–Kier alpha value is -2.95. The number of amides is 2. The maximum absolute atomic E-state index is 13.0. The topological polar surface area (TPSA) is 108 Å². The lowest BCUT2D eigenvalue weighted by Gasteiger charge is -2.27. The van der Waals surface area contributed by atoms with Gasteiger partial charge in [0.15, 0.2) is 6.61 Å². The first-order valence-corrected chi connectivity index (χ1v) is 8.95. The zero-order chi connectivity index (χ0) is 21.5. The zero-order valence-corrected chi connectivity index (χ0v) is 16.7. The molecule has 0 fully saturated rings. The van der Waals surface area contributed by atoms with Crippen LogP contribution in [0.3, 0.4) is 0 Å². The van der Waals surface area contributed by atoms with Gasteiger partial charge in [-0.15, -0.1) is 0 Å². The fourth-order valence-corrected chi connectivity index (χ4v) is 2.18. The van der Waals surface area contributed by atoms with Gasteiger partial charge >= 0.3 is 5.97 Å². The highest BCUT2D eigenvalue weighted by atomic mass is 19.1. The second-order valence-corrected chi connectivity index (χ2v) is 7.33. The minimum atomic E-state index is -1.09. The average molecular weight is 391 g/mol. The molecule has 2 N–H and O–H groups in total. The third kappa shape index (κ3) is 6.34.